The van der Waals surface area contributed by atoms with E-state index < -0.39 is 0 Å². The molecule has 0 spiro atoms. The standard InChI is InChI=1S/C16H20N4O/c1-3-13-14-5-4-8-19(14)9-10-20(13)16(21)12-6-7-18-15(11-12)17-2/h4-8,11,13H,3,9-10H2,1-2H3,(H,17,18). The summed E-state index contributed by atoms with van der Waals surface area (Å²) in [4.78, 5) is 19.0. The van der Waals surface area contributed by atoms with Gasteiger partial charge < -0.3 is 14.8 Å². The maximum atomic E-state index is 12.8. The first-order valence-electron chi connectivity index (χ1n) is 7.34. The molecule has 1 aliphatic rings. The predicted molar refractivity (Wildman–Crippen MR) is 82.3 cm³/mol. The summed E-state index contributed by atoms with van der Waals surface area (Å²) in [5, 5.41) is 2.98. The van der Waals surface area contributed by atoms with Gasteiger partial charge in [-0.1, -0.05) is 6.92 Å². The molecule has 0 saturated heterocycles. The van der Waals surface area contributed by atoms with Crippen LogP contribution in [-0.4, -0.2) is 34.0 Å². The lowest BCUT2D eigenvalue weighted by molar-refractivity contribution is 0.0618. The van der Waals surface area contributed by atoms with Crippen LogP contribution in [0.1, 0.15) is 35.4 Å². The Morgan fingerprint density at radius 3 is 3.05 bits per heavy atom. The van der Waals surface area contributed by atoms with Crippen LogP contribution in [0.25, 0.3) is 0 Å². The Morgan fingerprint density at radius 2 is 2.29 bits per heavy atom. The molecule has 3 heterocycles. The smallest absolute Gasteiger partial charge is 0.254 e. The van der Waals surface area contributed by atoms with E-state index in [1.807, 2.05) is 11.0 Å². The number of hydrogen-bond donors (Lipinski definition) is 1. The Balaban J connectivity index is 1.90. The molecule has 0 fully saturated rings. The zero-order valence-electron chi connectivity index (χ0n) is 12.4. The van der Waals surface area contributed by atoms with Crippen molar-refractivity contribution in [1.82, 2.24) is 14.5 Å². The third kappa shape index (κ3) is 2.39. The molecular weight excluding hydrogens is 264 g/mol. The van der Waals surface area contributed by atoms with Crippen molar-refractivity contribution in [3.8, 4) is 0 Å². The summed E-state index contributed by atoms with van der Waals surface area (Å²) in [6, 6.07) is 7.90. The second-order valence-electron chi connectivity index (χ2n) is 5.23. The second kappa shape index (κ2) is 5.60. The highest BCUT2D eigenvalue weighted by atomic mass is 16.2. The number of amides is 1. The number of pyridine rings is 1. The minimum Gasteiger partial charge on any atom is -0.373 e. The van der Waals surface area contributed by atoms with E-state index in [0.29, 0.717) is 11.4 Å². The van der Waals surface area contributed by atoms with E-state index in [-0.39, 0.29) is 11.9 Å². The van der Waals surface area contributed by atoms with Gasteiger partial charge >= 0.3 is 0 Å². The van der Waals surface area contributed by atoms with Crippen molar-refractivity contribution in [1.29, 1.82) is 0 Å². The highest BCUT2D eigenvalue weighted by molar-refractivity contribution is 5.95. The Bertz CT molecular complexity index is 649. The first kappa shape index (κ1) is 13.7. The van der Waals surface area contributed by atoms with Crippen molar-refractivity contribution in [2.45, 2.75) is 25.9 Å². The van der Waals surface area contributed by atoms with Crippen LogP contribution in [0, 0.1) is 0 Å². The third-order valence-corrected chi connectivity index (χ3v) is 4.07. The highest BCUT2D eigenvalue weighted by Crippen LogP contribution is 2.30. The average molecular weight is 284 g/mol. The number of fused-ring (bicyclic) bond motifs is 1. The molecule has 1 atom stereocenters. The SMILES string of the molecule is CCC1c2cccn2CCN1C(=O)c1ccnc(NC)c1. The Kier molecular flexibility index (Phi) is 3.64. The summed E-state index contributed by atoms with van der Waals surface area (Å²) in [5.74, 6) is 0.794. The van der Waals surface area contributed by atoms with Gasteiger partial charge in [0.2, 0.25) is 0 Å². The first-order valence-corrected chi connectivity index (χ1v) is 7.34. The van der Waals surface area contributed by atoms with Crippen molar-refractivity contribution in [2.75, 3.05) is 18.9 Å². The van der Waals surface area contributed by atoms with Crippen molar-refractivity contribution < 1.29 is 4.79 Å². The van der Waals surface area contributed by atoms with Gasteiger partial charge in [0.15, 0.2) is 0 Å². The van der Waals surface area contributed by atoms with Gasteiger partial charge in [-0.15, -0.1) is 0 Å². The number of anilines is 1. The Hall–Kier alpha value is -2.30. The van der Waals surface area contributed by atoms with Gasteiger partial charge in [0.05, 0.1) is 6.04 Å². The molecule has 0 aromatic carbocycles. The van der Waals surface area contributed by atoms with Crippen LogP contribution in [-0.2, 0) is 6.54 Å². The van der Waals surface area contributed by atoms with E-state index in [4.69, 9.17) is 0 Å². The normalized spacial score (nSPS) is 17.4. The van der Waals surface area contributed by atoms with Crippen LogP contribution in [0.4, 0.5) is 5.82 Å². The zero-order chi connectivity index (χ0) is 14.8. The zero-order valence-corrected chi connectivity index (χ0v) is 12.4. The van der Waals surface area contributed by atoms with Crippen LogP contribution in [0.2, 0.25) is 0 Å². The molecule has 0 aliphatic carbocycles. The Morgan fingerprint density at radius 1 is 1.43 bits per heavy atom. The van der Waals surface area contributed by atoms with E-state index in [1.165, 1.54) is 5.69 Å². The van der Waals surface area contributed by atoms with Crippen LogP contribution in [0.5, 0.6) is 0 Å². The van der Waals surface area contributed by atoms with Gasteiger partial charge in [0.1, 0.15) is 5.82 Å². The van der Waals surface area contributed by atoms with Crippen LogP contribution in [0.15, 0.2) is 36.7 Å². The van der Waals surface area contributed by atoms with Gasteiger partial charge in [-0.3, -0.25) is 4.79 Å². The molecule has 2 aromatic rings. The largest absolute Gasteiger partial charge is 0.373 e. The molecule has 3 rings (SSSR count). The van der Waals surface area contributed by atoms with Crippen LogP contribution in [0.3, 0.4) is 0 Å². The lowest BCUT2D eigenvalue weighted by Crippen LogP contribution is -2.41. The minimum absolute atomic E-state index is 0.0770. The molecule has 0 saturated carbocycles. The van der Waals surface area contributed by atoms with Gasteiger partial charge in [-0.2, -0.15) is 0 Å². The quantitative estimate of drug-likeness (QED) is 0.942. The maximum absolute atomic E-state index is 12.8. The number of aromatic nitrogens is 2. The summed E-state index contributed by atoms with van der Waals surface area (Å²) in [5.41, 5.74) is 1.91. The molecule has 1 unspecified atom stereocenters. The molecule has 0 bridgehead atoms. The molecule has 0 radical (unpaired) electrons. The van der Waals surface area contributed by atoms with E-state index in [1.54, 1.807) is 19.3 Å². The van der Waals surface area contributed by atoms with E-state index in [2.05, 4.69) is 40.1 Å². The number of carbonyl (C=O) groups excluding carboxylic acids is 1. The molecule has 1 N–H and O–H groups in total. The van der Waals surface area contributed by atoms with Crippen LogP contribution >= 0.6 is 0 Å². The van der Waals surface area contributed by atoms with Crippen LogP contribution < -0.4 is 5.32 Å². The summed E-state index contributed by atoms with van der Waals surface area (Å²) in [7, 11) is 1.80. The fourth-order valence-corrected chi connectivity index (χ4v) is 3.00. The van der Waals surface area contributed by atoms with Crippen molar-refractivity contribution in [2.24, 2.45) is 0 Å². The molecule has 110 valence electrons. The van der Waals surface area contributed by atoms with Crippen molar-refractivity contribution >= 4 is 11.7 Å². The topological polar surface area (TPSA) is 50.2 Å². The number of nitrogens with one attached hydrogen (secondary N) is 1. The molecule has 21 heavy (non-hydrogen) atoms. The molecule has 5 nitrogen and oxygen atoms in total. The monoisotopic (exact) mass is 284 g/mol. The lowest BCUT2D eigenvalue weighted by Gasteiger charge is -2.36. The summed E-state index contributed by atoms with van der Waals surface area (Å²) < 4.78 is 2.24. The number of rotatable bonds is 3. The number of nitrogens with zero attached hydrogens (tertiary/aromatic N) is 3. The highest BCUT2D eigenvalue weighted by Gasteiger charge is 2.30. The van der Waals surface area contributed by atoms with E-state index in [9.17, 15) is 4.79 Å². The van der Waals surface area contributed by atoms with Gasteiger partial charge in [0, 0.05) is 43.8 Å². The van der Waals surface area contributed by atoms with E-state index >= 15 is 0 Å². The first-order chi connectivity index (χ1) is 10.2. The summed E-state index contributed by atoms with van der Waals surface area (Å²) in [6.45, 7) is 3.73. The second-order valence-corrected chi connectivity index (χ2v) is 5.23. The molecule has 5 heteroatoms. The molecule has 2 aromatic heterocycles. The maximum Gasteiger partial charge on any atom is 0.254 e. The molecule has 1 amide bonds. The van der Waals surface area contributed by atoms with Gasteiger partial charge in [0.25, 0.3) is 5.91 Å². The van der Waals surface area contributed by atoms with Gasteiger partial charge in [-0.05, 0) is 30.7 Å². The number of hydrogen-bond acceptors (Lipinski definition) is 3. The third-order valence-electron chi connectivity index (χ3n) is 4.07. The Labute approximate surface area is 124 Å². The van der Waals surface area contributed by atoms with E-state index in [0.717, 1.165) is 19.5 Å². The fraction of sp³-hybridized carbons (Fsp3) is 0.375. The lowest BCUT2D eigenvalue weighted by atomic mass is 10.1. The minimum atomic E-state index is 0.0770. The number of carbonyl (C=O) groups is 1. The summed E-state index contributed by atoms with van der Waals surface area (Å²) >= 11 is 0. The average Bonchev–Trinajstić information content (AvgIpc) is 3.01. The van der Waals surface area contributed by atoms with Gasteiger partial charge in [-0.25, -0.2) is 4.98 Å². The summed E-state index contributed by atoms with van der Waals surface area (Å²) in [6.07, 6.45) is 4.68. The van der Waals surface area contributed by atoms with Crippen molar-refractivity contribution in [3.63, 3.8) is 0 Å². The molecular formula is C16H20N4O. The predicted octanol–water partition coefficient (Wildman–Crippen LogP) is 2.53. The fourth-order valence-electron chi connectivity index (χ4n) is 3.00. The van der Waals surface area contributed by atoms with Crippen molar-refractivity contribution in [3.05, 3.63) is 47.9 Å². The molecule has 1 aliphatic heterocycles.